The van der Waals surface area contributed by atoms with E-state index in [0.717, 1.165) is 15.7 Å². The predicted molar refractivity (Wildman–Crippen MR) is 79.3 cm³/mol. The van der Waals surface area contributed by atoms with Crippen LogP contribution in [-0.2, 0) is 6.54 Å². The van der Waals surface area contributed by atoms with Crippen molar-refractivity contribution in [3.63, 3.8) is 0 Å². The number of halogens is 3. The number of nitrogens with one attached hydrogen (secondary N) is 1. The van der Waals surface area contributed by atoms with Crippen LogP contribution in [0.1, 0.15) is 11.1 Å². The average molecular weight is 342 g/mol. The molecule has 5 heteroatoms. The Bertz CT molecular complexity index is 573. The third-order valence-electron chi connectivity index (χ3n) is 2.76. The first-order valence-electron chi connectivity index (χ1n) is 6.08. The van der Waals surface area contributed by atoms with Crippen molar-refractivity contribution in [3.05, 3.63) is 58.1 Å². The number of benzene rings is 2. The van der Waals surface area contributed by atoms with E-state index >= 15 is 0 Å². The Morgan fingerprint density at radius 3 is 2.45 bits per heavy atom. The maximum Gasteiger partial charge on any atom is 0.387 e. The second-order valence-electron chi connectivity index (χ2n) is 4.36. The number of ether oxygens (including phenoxy) is 1. The molecule has 2 nitrogen and oxygen atoms in total. The fourth-order valence-electron chi connectivity index (χ4n) is 1.75. The number of alkyl halides is 2. The number of aryl methyl sites for hydroxylation is 1. The summed E-state index contributed by atoms with van der Waals surface area (Å²) in [5, 5.41) is 3.28. The number of hydrogen-bond donors (Lipinski definition) is 1. The van der Waals surface area contributed by atoms with Crippen molar-refractivity contribution in [2.45, 2.75) is 20.1 Å². The van der Waals surface area contributed by atoms with Gasteiger partial charge in [-0.1, -0.05) is 18.2 Å². The maximum absolute atomic E-state index is 12.0. The van der Waals surface area contributed by atoms with E-state index in [0.29, 0.717) is 6.54 Å². The molecule has 106 valence electrons. The van der Waals surface area contributed by atoms with Crippen LogP contribution in [0.15, 0.2) is 46.9 Å². The van der Waals surface area contributed by atoms with Gasteiger partial charge in [-0.2, -0.15) is 8.78 Å². The highest BCUT2D eigenvalue weighted by atomic mass is 79.9. The summed E-state index contributed by atoms with van der Waals surface area (Å²) in [7, 11) is 0. The molecule has 0 spiro atoms. The lowest BCUT2D eigenvalue weighted by Crippen LogP contribution is -2.03. The topological polar surface area (TPSA) is 21.3 Å². The summed E-state index contributed by atoms with van der Waals surface area (Å²) >= 11 is 3.49. The van der Waals surface area contributed by atoms with E-state index in [1.807, 2.05) is 25.1 Å². The molecule has 0 aliphatic rings. The van der Waals surface area contributed by atoms with Gasteiger partial charge in [0, 0.05) is 16.7 Å². The van der Waals surface area contributed by atoms with Gasteiger partial charge in [-0.15, -0.1) is 0 Å². The van der Waals surface area contributed by atoms with Crippen molar-refractivity contribution in [1.82, 2.24) is 0 Å². The van der Waals surface area contributed by atoms with Gasteiger partial charge in [0.2, 0.25) is 0 Å². The maximum atomic E-state index is 12.0. The van der Waals surface area contributed by atoms with Crippen molar-refractivity contribution < 1.29 is 13.5 Å². The van der Waals surface area contributed by atoms with E-state index < -0.39 is 6.61 Å². The molecule has 0 unspecified atom stereocenters. The Kier molecular flexibility index (Phi) is 4.95. The lowest BCUT2D eigenvalue weighted by atomic mass is 10.2. The van der Waals surface area contributed by atoms with Gasteiger partial charge < -0.3 is 10.1 Å². The van der Waals surface area contributed by atoms with Gasteiger partial charge in [0.05, 0.1) is 0 Å². The Morgan fingerprint density at radius 1 is 1.15 bits per heavy atom. The van der Waals surface area contributed by atoms with Crippen LogP contribution in [0.25, 0.3) is 0 Å². The first-order chi connectivity index (χ1) is 9.54. The van der Waals surface area contributed by atoms with Crippen molar-refractivity contribution in [2.24, 2.45) is 0 Å². The van der Waals surface area contributed by atoms with E-state index in [1.54, 1.807) is 12.1 Å². The summed E-state index contributed by atoms with van der Waals surface area (Å²) in [6, 6.07) is 12.6. The molecular weight excluding hydrogens is 328 g/mol. The van der Waals surface area contributed by atoms with Crippen LogP contribution in [0, 0.1) is 6.92 Å². The zero-order chi connectivity index (χ0) is 14.5. The highest BCUT2D eigenvalue weighted by Crippen LogP contribution is 2.24. The summed E-state index contributed by atoms with van der Waals surface area (Å²) in [5.41, 5.74) is 3.15. The predicted octanol–water partition coefficient (Wildman–Crippen LogP) is 4.97. The van der Waals surface area contributed by atoms with Gasteiger partial charge in [-0.25, -0.2) is 0 Å². The van der Waals surface area contributed by atoms with E-state index in [9.17, 15) is 8.78 Å². The summed E-state index contributed by atoms with van der Waals surface area (Å²) in [6.45, 7) is -0.158. The number of anilines is 1. The molecule has 2 aromatic rings. The fourth-order valence-corrected chi connectivity index (χ4v) is 2.38. The van der Waals surface area contributed by atoms with Crippen LogP contribution in [0.5, 0.6) is 5.75 Å². The molecule has 2 aromatic carbocycles. The Balaban J connectivity index is 1.96. The normalized spacial score (nSPS) is 10.7. The fraction of sp³-hybridized carbons (Fsp3) is 0.200. The first-order valence-corrected chi connectivity index (χ1v) is 6.87. The van der Waals surface area contributed by atoms with Crippen LogP contribution in [0.2, 0.25) is 0 Å². The number of hydrogen-bond acceptors (Lipinski definition) is 2. The van der Waals surface area contributed by atoms with Crippen LogP contribution in [-0.4, -0.2) is 6.61 Å². The van der Waals surface area contributed by atoms with Crippen LogP contribution in [0.4, 0.5) is 14.5 Å². The van der Waals surface area contributed by atoms with E-state index in [4.69, 9.17) is 0 Å². The molecule has 0 fully saturated rings. The number of rotatable bonds is 5. The lowest BCUT2D eigenvalue weighted by molar-refractivity contribution is -0.0498. The van der Waals surface area contributed by atoms with Crippen LogP contribution >= 0.6 is 15.9 Å². The molecule has 0 radical (unpaired) electrons. The summed E-state index contributed by atoms with van der Waals surface area (Å²) in [6.07, 6.45) is 0. The third kappa shape index (κ3) is 4.20. The van der Waals surface area contributed by atoms with Gasteiger partial charge in [-0.05, 0) is 58.2 Å². The molecule has 0 aliphatic heterocycles. The molecule has 0 aliphatic carbocycles. The largest absolute Gasteiger partial charge is 0.435 e. The third-order valence-corrected chi connectivity index (χ3v) is 3.41. The molecule has 1 N–H and O–H groups in total. The molecule has 0 atom stereocenters. The summed E-state index contributed by atoms with van der Waals surface area (Å²) < 4.78 is 29.4. The molecule has 0 bridgehead atoms. The molecule has 20 heavy (non-hydrogen) atoms. The van der Waals surface area contributed by atoms with Gasteiger partial charge in [0.15, 0.2) is 0 Å². The Labute approximate surface area is 124 Å². The minimum absolute atomic E-state index is 0.167. The highest BCUT2D eigenvalue weighted by molar-refractivity contribution is 9.10. The van der Waals surface area contributed by atoms with E-state index in [2.05, 4.69) is 26.0 Å². The van der Waals surface area contributed by atoms with Crippen molar-refractivity contribution in [2.75, 3.05) is 5.32 Å². The smallest absolute Gasteiger partial charge is 0.387 e. The van der Waals surface area contributed by atoms with Gasteiger partial charge in [0.1, 0.15) is 5.75 Å². The minimum atomic E-state index is -2.79. The SMILES string of the molecule is Cc1ccc(NCc2ccc(OC(F)F)cc2)c(Br)c1. The second-order valence-corrected chi connectivity index (χ2v) is 5.21. The van der Waals surface area contributed by atoms with Crippen LogP contribution < -0.4 is 10.1 Å². The van der Waals surface area contributed by atoms with Crippen molar-refractivity contribution in [1.29, 1.82) is 0 Å². The Morgan fingerprint density at radius 2 is 1.85 bits per heavy atom. The molecular formula is C15H14BrF2NO. The molecule has 0 amide bonds. The first kappa shape index (κ1) is 14.8. The van der Waals surface area contributed by atoms with Gasteiger partial charge >= 0.3 is 6.61 Å². The molecule has 0 saturated heterocycles. The molecule has 0 saturated carbocycles. The zero-order valence-electron chi connectivity index (χ0n) is 10.9. The lowest BCUT2D eigenvalue weighted by Gasteiger charge is -2.10. The van der Waals surface area contributed by atoms with E-state index in [1.165, 1.54) is 17.7 Å². The Hall–Kier alpha value is -1.62. The van der Waals surface area contributed by atoms with Crippen LogP contribution in [0.3, 0.4) is 0 Å². The molecule has 0 aromatic heterocycles. The molecule has 2 rings (SSSR count). The standard InChI is InChI=1S/C15H14BrF2NO/c1-10-2-7-14(13(16)8-10)19-9-11-3-5-12(6-4-11)20-15(17)18/h2-8,15,19H,9H2,1H3. The van der Waals surface area contributed by atoms with Gasteiger partial charge in [-0.3, -0.25) is 0 Å². The zero-order valence-corrected chi connectivity index (χ0v) is 12.5. The highest BCUT2D eigenvalue weighted by Gasteiger charge is 2.04. The second kappa shape index (κ2) is 6.70. The van der Waals surface area contributed by atoms with Crippen molar-refractivity contribution in [3.8, 4) is 5.75 Å². The minimum Gasteiger partial charge on any atom is -0.435 e. The molecule has 0 heterocycles. The van der Waals surface area contributed by atoms with Crippen molar-refractivity contribution >= 4 is 21.6 Å². The van der Waals surface area contributed by atoms with E-state index in [-0.39, 0.29) is 5.75 Å². The average Bonchev–Trinajstić information content (AvgIpc) is 2.39. The van der Waals surface area contributed by atoms with Gasteiger partial charge in [0.25, 0.3) is 0 Å². The summed E-state index contributed by atoms with van der Waals surface area (Å²) in [5.74, 6) is 0.167. The quantitative estimate of drug-likeness (QED) is 0.828. The summed E-state index contributed by atoms with van der Waals surface area (Å²) in [4.78, 5) is 0. The monoisotopic (exact) mass is 341 g/mol.